The van der Waals surface area contributed by atoms with E-state index in [-0.39, 0.29) is 5.75 Å². The predicted octanol–water partition coefficient (Wildman–Crippen LogP) is 4.23. The van der Waals surface area contributed by atoms with Crippen molar-refractivity contribution in [1.82, 2.24) is 0 Å². The SMILES string of the molecule is CC1(C)C2CCC1(C)C(COc1ccccc1O)C2. The molecule has 3 atom stereocenters. The van der Waals surface area contributed by atoms with E-state index in [1.807, 2.05) is 18.2 Å². The highest BCUT2D eigenvalue weighted by Gasteiger charge is 2.61. The number of aromatic hydroxyl groups is 1. The molecule has 2 saturated carbocycles. The van der Waals surface area contributed by atoms with Crippen LogP contribution in [0.15, 0.2) is 24.3 Å². The van der Waals surface area contributed by atoms with Crippen LogP contribution in [0.2, 0.25) is 0 Å². The van der Waals surface area contributed by atoms with E-state index in [2.05, 4.69) is 20.8 Å². The predicted molar refractivity (Wildman–Crippen MR) is 76.3 cm³/mol. The monoisotopic (exact) mass is 260 g/mol. The van der Waals surface area contributed by atoms with E-state index < -0.39 is 0 Å². The maximum Gasteiger partial charge on any atom is 0.160 e. The molecule has 0 amide bonds. The first-order chi connectivity index (χ1) is 8.95. The van der Waals surface area contributed by atoms with Gasteiger partial charge in [-0.1, -0.05) is 32.9 Å². The first-order valence-corrected chi connectivity index (χ1v) is 7.36. The minimum Gasteiger partial charge on any atom is -0.504 e. The zero-order valence-electron chi connectivity index (χ0n) is 12.1. The van der Waals surface area contributed by atoms with Crippen LogP contribution in [-0.4, -0.2) is 11.7 Å². The molecule has 0 aromatic heterocycles. The molecule has 19 heavy (non-hydrogen) atoms. The summed E-state index contributed by atoms with van der Waals surface area (Å²) >= 11 is 0. The third-order valence-electron chi connectivity index (χ3n) is 6.28. The second kappa shape index (κ2) is 4.16. The van der Waals surface area contributed by atoms with E-state index in [0.717, 1.165) is 12.5 Å². The average Bonchev–Trinajstić information content (AvgIpc) is 2.70. The van der Waals surface area contributed by atoms with Crippen LogP contribution in [0.3, 0.4) is 0 Å². The fourth-order valence-electron chi connectivity index (χ4n) is 4.39. The van der Waals surface area contributed by atoms with Crippen molar-refractivity contribution in [3.05, 3.63) is 24.3 Å². The highest BCUT2D eigenvalue weighted by atomic mass is 16.5. The van der Waals surface area contributed by atoms with Crippen LogP contribution in [-0.2, 0) is 0 Å². The van der Waals surface area contributed by atoms with Crippen LogP contribution in [0.25, 0.3) is 0 Å². The molecule has 2 bridgehead atoms. The van der Waals surface area contributed by atoms with Gasteiger partial charge in [0, 0.05) is 0 Å². The zero-order valence-corrected chi connectivity index (χ0v) is 12.1. The first-order valence-electron chi connectivity index (χ1n) is 7.36. The van der Waals surface area contributed by atoms with Gasteiger partial charge < -0.3 is 9.84 Å². The van der Waals surface area contributed by atoms with Gasteiger partial charge in [0.05, 0.1) is 6.61 Å². The molecular weight excluding hydrogens is 236 g/mol. The third kappa shape index (κ3) is 1.76. The lowest BCUT2D eigenvalue weighted by Gasteiger charge is -2.39. The van der Waals surface area contributed by atoms with Crippen molar-refractivity contribution in [2.45, 2.75) is 40.0 Å². The van der Waals surface area contributed by atoms with Gasteiger partial charge in [-0.15, -0.1) is 0 Å². The van der Waals surface area contributed by atoms with Gasteiger partial charge in [0.15, 0.2) is 11.5 Å². The summed E-state index contributed by atoms with van der Waals surface area (Å²) in [5, 5.41) is 9.76. The number of hydrogen-bond acceptors (Lipinski definition) is 2. The number of phenols is 1. The number of ether oxygens (including phenoxy) is 1. The molecule has 0 radical (unpaired) electrons. The zero-order chi connectivity index (χ0) is 13.7. The minimum absolute atomic E-state index is 0.245. The Labute approximate surface area is 115 Å². The molecule has 1 aromatic carbocycles. The lowest BCUT2D eigenvalue weighted by molar-refractivity contribution is 0.0692. The average molecular weight is 260 g/mol. The van der Waals surface area contributed by atoms with Gasteiger partial charge in [0.2, 0.25) is 0 Å². The van der Waals surface area contributed by atoms with Gasteiger partial charge in [-0.05, 0) is 54.1 Å². The van der Waals surface area contributed by atoms with Gasteiger partial charge >= 0.3 is 0 Å². The van der Waals surface area contributed by atoms with Crippen molar-refractivity contribution in [2.24, 2.45) is 22.7 Å². The van der Waals surface area contributed by atoms with Crippen molar-refractivity contribution in [2.75, 3.05) is 6.61 Å². The molecule has 2 fully saturated rings. The van der Waals surface area contributed by atoms with Crippen LogP contribution in [0.5, 0.6) is 11.5 Å². The number of benzene rings is 1. The fraction of sp³-hybridized carbons (Fsp3) is 0.647. The van der Waals surface area contributed by atoms with E-state index in [4.69, 9.17) is 4.74 Å². The molecular formula is C17H24O2. The van der Waals surface area contributed by atoms with Gasteiger partial charge in [-0.3, -0.25) is 0 Å². The second-order valence-electron chi connectivity index (χ2n) is 7.09. The van der Waals surface area contributed by atoms with Crippen LogP contribution < -0.4 is 4.74 Å². The summed E-state index contributed by atoms with van der Waals surface area (Å²) in [7, 11) is 0. The van der Waals surface area contributed by atoms with Crippen molar-refractivity contribution >= 4 is 0 Å². The third-order valence-corrected chi connectivity index (χ3v) is 6.28. The molecule has 0 aliphatic heterocycles. The van der Waals surface area contributed by atoms with Crippen molar-refractivity contribution in [3.63, 3.8) is 0 Å². The minimum atomic E-state index is 0.245. The molecule has 2 heteroatoms. The Bertz CT molecular complexity index is 480. The Morgan fingerprint density at radius 2 is 2.00 bits per heavy atom. The number of phenolic OH excluding ortho intramolecular Hbond substituents is 1. The molecule has 0 heterocycles. The maximum absolute atomic E-state index is 9.76. The van der Waals surface area contributed by atoms with E-state index >= 15 is 0 Å². The van der Waals surface area contributed by atoms with Gasteiger partial charge in [0.1, 0.15) is 0 Å². The maximum atomic E-state index is 9.76. The fourth-order valence-corrected chi connectivity index (χ4v) is 4.39. The molecule has 104 valence electrons. The number of hydrogen-bond donors (Lipinski definition) is 1. The van der Waals surface area contributed by atoms with Crippen LogP contribution >= 0.6 is 0 Å². The van der Waals surface area contributed by atoms with Gasteiger partial charge in [0.25, 0.3) is 0 Å². The van der Waals surface area contributed by atoms with Crippen LogP contribution in [0.4, 0.5) is 0 Å². The summed E-state index contributed by atoms with van der Waals surface area (Å²) in [5.41, 5.74) is 0.821. The Kier molecular flexibility index (Phi) is 2.81. The smallest absolute Gasteiger partial charge is 0.160 e. The van der Waals surface area contributed by atoms with E-state index in [1.54, 1.807) is 6.07 Å². The number of rotatable bonds is 3. The lowest BCUT2D eigenvalue weighted by Crippen LogP contribution is -2.35. The molecule has 2 aliphatic rings. The molecule has 0 saturated heterocycles. The highest BCUT2D eigenvalue weighted by Crippen LogP contribution is 2.68. The molecule has 3 rings (SSSR count). The summed E-state index contributed by atoms with van der Waals surface area (Å²) in [5.74, 6) is 2.32. The Balaban J connectivity index is 1.71. The topological polar surface area (TPSA) is 29.5 Å². The molecule has 1 N–H and O–H groups in total. The van der Waals surface area contributed by atoms with Crippen LogP contribution in [0, 0.1) is 22.7 Å². The second-order valence-corrected chi connectivity index (χ2v) is 7.09. The van der Waals surface area contributed by atoms with Crippen molar-refractivity contribution < 1.29 is 9.84 Å². The normalized spacial score (nSPS) is 35.5. The van der Waals surface area contributed by atoms with E-state index in [1.165, 1.54) is 19.3 Å². The summed E-state index contributed by atoms with van der Waals surface area (Å²) in [6.07, 6.45) is 3.97. The quantitative estimate of drug-likeness (QED) is 0.881. The Morgan fingerprint density at radius 1 is 1.26 bits per heavy atom. The largest absolute Gasteiger partial charge is 0.504 e. The summed E-state index contributed by atoms with van der Waals surface area (Å²) in [4.78, 5) is 0. The lowest BCUT2D eigenvalue weighted by atomic mass is 9.67. The molecule has 3 unspecified atom stereocenters. The van der Waals surface area contributed by atoms with Gasteiger partial charge in [-0.25, -0.2) is 0 Å². The van der Waals surface area contributed by atoms with Crippen LogP contribution in [0.1, 0.15) is 40.0 Å². The standard InChI is InChI=1S/C17H24O2/c1-16(2)12-8-9-17(16,3)13(10-12)11-19-15-7-5-4-6-14(15)18/h4-7,12-13,18H,8-11H2,1-3H3. The first kappa shape index (κ1) is 12.8. The Morgan fingerprint density at radius 3 is 2.58 bits per heavy atom. The molecule has 1 aromatic rings. The highest BCUT2D eigenvalue weighted by molar-refractivity contribution is 5.37. The Hall–Kier alpha value is -1.18. The molecule has 2 aliphatic carbocycles. The van der Waals surface area contributed by atoms with Crippen molar-refractivity contribution in [3.8, 4) is 11.5 Å². The van der Waals surface area contributed by atoms with Crippen molar-refractivity contribution in [1.29, 1.82) is 0 Å². The number of para-hydroxylation sites is 2. The summed E-state index contributed by atoms with van der Waals surface area (Å²) in [6.45, 7) is 8.00. The summed E-state index contributed by atoms with van der Waals surface area (Å²) in [6, 6.07) is 7.25. The number of fused-ring (bicyclic) bond motifs is 2. The summed E-state index contributed by atoms with van der Waals surface area (Å²) < 4.78 is 5.88. The van der Waals surface area contributed by atoms with E-state index in [0.29, 0.717) is 22.5 Å². The molecule has 2 nitrogen and oxygen atoms in total. The van der Waals surface area contributed by atoms with Gasteiger partial charge in [-0.2, -0.15) is 0 Å². The molecule has 0 spiro atoms. The van der Waals surface area contributed by atoms with E-state index in [9.17, 15) is 5.11 Å².